The minimum absolute atomic E-state index is 0.681. The second-order valence-corrected chi connectivity index (χ2v) is 7.58. The lowest BCUT2D eigenvalue weighted by Crippen LogP contribution is -2.38. The number of hydrogen-bond acceptors (Lipinski definition) is 5. The Balaban J connectivity index is 1.37. The van der Waals surface area contributed by atoms with Crippen LogP contribution in [-0.2, 0) is 19.5 Å². The van der Waals surface area contributed by atoms with Gasteiger partial charge in [-0.15, -0.1) is 0 Å². The summed E-state index contributed by atoms with van der Waals surface area (Å²) in [5.41, 5.74) is 3.89. The molecule has 0 bridgehead atoms. The third-order valence-electron chi connectivity index (χ3n) is 5.46. The molecule has 5 nitrogen and oxygen atoms in total. The van der Waals surface area contributed by atoms with Gasteiger partial charge in [0.05, 0.1) is 5.69 Å². The summed E-state index contributed by atoms with van der Waals surface area (Å²) in [6.45, 7) is 8.30. The van der Waals surface area contributed by atoms with Crippen LogP contribution in [0.25, 0.3) is 0 Å². The summed E-state index contributed by atoms with van der Waals surface area (Å²) in [4.78, 5) is 11.9. The predicted octanol–water partition coefficient (Wildman–Crippen LogP) is 2.75. The van der Waals surface area contributed by atoms with Gasteiger partial charge in [-0.05, 0) is 50.8 Å². The summed E-state index contributed by atoms with van der Waals surface area (Å²) < 4.78 is 0. The number of anilines is 1. The van der Waals surface area contributed by atoms with Crippen LogP contribution in [-0.4, -0.2) is 41.0 Å². The Labute approximate surface area is 156 Å². The van der Waals surface area contributed by atoms with Crippen molar-refractivity contribution in [3.63, 3.8) is 0 Å². The Morgan fingerprint density at radius 1 is 1.23 bits per heavy atom. The van der Waals surface area contributed by atoms with Crippen LogP contribution in [0.15, 0.2) is 30.3 Å². The Morgan fingerprint density at radius 2 is 2.12 bits per heavy atom. The highest BCUT2D eigenvalue weighted by Crippen LogP contribution is 2.23. The van der Waals surface area contributed by atoms with Crippen molar-refractivity contribution in [2.24, 2.45) is 5.92 Å². The van der Waals surface area contributed by atoms with Gasteiger partial charge in [0.1, 0.15) is 11.6 Å². The fourth-order valence-corrected chi connectivity index (χ4v) is 4.17. The van der Waals surface area contributed by atoms with Gasteiger partial charge in [0, 0.05) is 31.7 Å². The van der Waals surface area contributed by atoms with E-state index in [4.69, 9.17) is 4.98 Å². The molecule has 1 saturated heterocycles. The molecule has 2 aliphatic rings. The largest absolute Gasteiger partial charge is 0.369 e. The van der Waals surface area contributed by atoms with E-state index >= 15 is 0 Å². The number of aromatic nitrogens is 2. The number of piperidine rings is 1. The Kier molecular flexibility index (Phi) is 5.46. The molecule has 0 aliphatic carbocycles. The number of hydrogen-bond donors (Lipinski definition) is 2. The molecule has 0 amide bonds. The smallest absolute Gasteiger partial charge is 0.133 e. The van der Waals surface area contributed by atoms with Crippen LogP contribution in [0.2, 0.25) is 0 Å². The number of nitrogens with zero attached hydrogens (tertiary/aromatic N) is 3. The lowest BCUT2D eigenvalue weighted by Gasteiger charge is -2.33. The standard InChI is InChI=1S/C21H29N5/c1-16-24-20-13-22-10-9-19(20)21(25-16)23-12-18-8-5-11-26(15-18)14-17-6-3-2-4-7-17/h2-4,6-7,18,22H,5,8-15H2,1H3,(H,23,24,25)/t18-/m1/s1. The molecule has 0 spiro atoms. The van der Waals surface area contributed by atoms with E-state index in [1.807, 2.05) is 6.92 Å². The monoisotopic (exact) mass is 351 g/mol. The summed E-state index contributed by atoms with van der Waals surface area (Å²) in [6, 6.07) is 10.8. The van der Waals surface area contributed by atoms with E-state index in [1.54, 1.807) is 0 Å². The lowest BCUT2D eigenvalue weighted by molar-refractivity contribution is 0.173. The molecule has 138 valence electrons. The summed E-state index contributed by atoms with van der Waals surface area (Å²) in [6.07, 6.45) is 3.60. The average molecular weight is 351 g/mol. The first kappa shape index (κ1) is 17.4. The van der Waals surface area contributed by atoms with Crippen LogP contribution >= 0.6 is 0 Å². The average Bonchev–Trinajstić information content (AvgIpc) is 2.67. The number of aryl methyl sites for hydroxylation is 1. The van der Waals surface area contributed by atoms with E-state index < -0.39 is 0 Å². The van der Waals surface area contributed by atoms with Gasteiger partial charge < -0.3 is 10.6 Å². The van der Waals surface area contributed by atoms with Gasteiger partial charge in [0.25, 0.3) is 0 Å². The maximum absolute atomic E-state index is 4.69. The SMILES string of the molecule is Cc1nc2c(c(NC[C@H]3CCCN(Cc4ccccc4)C3)n1)CCNC2. The lowest BCUT2D eigenvalue weighted by atomic mass is 9.97. The van der Waals surface area contributed by atoms with Gasteiger partial charge in [-0.3, -0.25) is 4.90 Å². The molecule has 2 N–H and O–H groups in total. The zero-order chi connectivity index (χ0) is 17.8. The fraction of sp³-hybridized carbons (Fsp3) is 0.524. The van der Waals surface area contributed by atoms with Crippen LogP contribution in [0.5, 0.6) is 0 Å². The second kappa shape index (κ2) is 8.14. The van der Waals surface area contributed by atoms with E-state index in [0.29, 0.717) is 5.92 Å². The quantitative estimate of drug-likeness (QED) is 0.867. The molecule has 2 aromatic rings. The van der Waals surface area contributed by atoms with Crippen molar-refractivity contribution in [1.82, 2.24) is 20.2 Å². The first-order valence-corrected chi connectivity index (χ1v) is 9.85. The molecular formula is C21H29N5. The fourth-order valence-electron chi connectivity index (χ4n) is 4.17. The van der Waals surface area contributed by atoms with Crippen molar-refractivity contribution in [3.8, 4) is 0 Å². The Morgan fingerprint density at radius 3 is 3.00 bits per heavy atom. The first-order valence-electron chi connectivity index (χ1n) is 9.85. The number of fused-ring (bicyclic) bond motifs is 1. The molecule has 3 heterocycles. The Bertz CT molecular complexity index is 731. The summed E-state index contributed by atoms with van der Waals surface area (Å²) >= 11 is 0. The maximum Gasteiger partial charge on any atom is 0.133 e. The number of rotatable bonds is 5. The van der Waals surface area contributed by atoms with Crippen molar-refractivity contribution < 1.29 is 0 Å². The molecule has 0 unspecified atom stereocenters. The summed E-state index contributed by atoms with van der Waals surface area (Å²) in [7, 11) is 0. The van der Waals surface area contributed by atoms with E-state index in [0.717, 1.165) is 50.8 Å². The number of nitrogens with one attached hydrogen (secondary N) is 2. The molecule has 1 aromatic carbocycles. The molecule has 0 saturated carbocycles. The zero-order valence-corrected chi connectivity index (χ0v) is 15.7. The molecule has 1 atom stereocenters. The van der Waals surface area contributed by atoms with Crippen LogP contribution in [0.3, 0.4) is 0 Å². The number of likely N-dealkylation sites (tertiary alicyclic amines) is 1. The normalized spacial score (nSPS) is 20.6. The van der Waals surface area contributed by atoms with Gasteiger partial charge in [0.15, 0.2) is 0 Å². The van der Waals surface area contributed by atoms with Crippen molar-refractivity contribution in [2.75, 3.05) is 31.5 Å². The molecule has 1 fully saturated rings. The van der Waals surface area contributed by atoms with Crippen molar-refractivity contribution >= 4 is 5.82 Å². The Hall–Kier alpha value is -1.98. The van der Waals surface area contributed by atoms with Crippen LogP contribution in [0.4, 0.5) is 5.82 Å². The molecular weight excluding hydrogens is 322 g/mol. The molecule has 26 heavy (non-hydrogen) atoms. The molecule has 0 radical (unpaired) electrons. The third-order valence-corrected chi connectivity index (χ3v) is 5.46. The maximum atomic E-state index is 4.69. The molecule has 2 aliphatic heterocycles. The van der Waals surface area contributed by atoms with Crippen LogP contribution in [0, 0.1) is 12.8 Å². The summed E-state index contributed by atoms with van der Waals surface area (Å²) in [5, 5.41) is 7.07. The van der Waals surface area contributed by atoms with Gasteiger partial charge in [-0.2, -0.15) is 0 Å². The van der Waals surface area contributed by atoms with Crippen molar-refractivity contribution in [1.29, 1.82) is 0 Å². The van der Waals surface area contributed by atoms with Gasteiger partial charge in [-0.25, -0.2) is 9.97 Å². The second-order valence-electron chi connectivity index (χ2n) is 7.58. The highest BCUT2D eigenvalue weighted by molar-refractivity contribution is 5.48. The number of benzene rings is 1. The van der Waals surface area contributed by atoms with E-state index in [-0.39, 0.29) is 0 Å². The third kappa shape index (κ3) is 4.22. The van der Waals surface area contributed by atoms with E-state index in [2.05, 4.69) is 50.8 Å². The zero-order valence-electron chi connectivity index (χ0n) is 15.7. The van der Waals surface area contributed by atoms with Crippen molar-refractivity contribution in [3.05, 3.63) is 53.0 Å². The van der Waals surface area contributed by atoms with Gasteiger partial charge in [0.2, 0.25) is 0 Å². The highest BCUT2D eigenvalue weighted by atomic mass is 15.1. The molecule has 4 rings (SSSR count). The topological polar surface area (TPSA) is 53.1 Å². The minimum Gasteiger partial charge on any atom is -0.369 e. The van der Waals surface area contributed by atoms with E-state index in [9.17, 15) is 0 Å². The van der Waals surface area contributed by atoms with Gasteiger partial charge in [-0.1, -0.05) is 30.3 Å². The first-order chi connectivity index (χ1) is 12.8. The summed E-state index contributed by atoms with van der Waals surface area (Å²) in [5.74, 6) is 2.61. The predicted molar refractivity (Wildman–Crippen MR) is 105 cm³/mol. The van der Waals surface area contributed by atoms with E-state index in [1.165, 1.54) is 36.2 Å². The van der Waals surface area contributed by atoms with Crippen LogP contribution < -0.4 is 10.6 Å². The molecule has 1 aromatic heterocycles. The molecule has 5 heteroatoms. The van der Waals surface area contributed by atoms with Gasteiger partial charge >= 0.3 is 0 Å². The minimum atomic E-state index is 0.681. The van der Waals surface area contributed by atoms with Crippen molar-refractivity contribution in [2.45, 2.75) is 39.3 Å². The highest BCUT2D eigenvalue weighted by Gasteiger charge is 2.21. The van der Waals surface area contributed by atoms with Crippen LogP contribution in [0.1, 0.15) is 35.5 Å².